The molecule has 1 N–H and O–H groups in total. The van der Waals surface area contributed by atoms with Gasteiger partial charge in [-0.25, -0.2) is 4.79 Å². The summed E-state index contributed by atoms with van der Waals surface area (Å²) in [7, 11) is 0. The van der Waals surface area contributed by atoms with Crippen LogP contribution in [0.25, 0.3) is 0 Å². The molecule has 1 aromatic heterocycles. The van der Waals surface area contributed by atoms with Crippen molar-refractivity contribution in [2.75, 3.05) is 0 Å². The van der Waals surface area contributed by atoms with E-state index in [2.05, 4.69) is 10.4 Å². The topological polar surface area (TPSA) is 61.8 Å². The molecule has 6 heteroatoms. The van der Waals surface area contributed by atoms with Crippen molar-refractivity contribution >= 4 is 29.5 Å². The fraction of sp³-hybridized carbons (Fsp3) is 0.364. The van der Waals surface area contributed by atoms with E-state index in [0.717, 1.165) is 9.89 Å². The van der Waals surface area contributed by atoms with Gasteiger partial charge in [-0.2, -0.15) is 5.10 Å². The van der Waals surface area contributed by atoms with Gasteiger partial charge in [-0.3, -0.25) is 4.79 Å². The van der Waals surface area contributed by atoms with Crippen LogP contribution in [-0.2, 0) is 4.79 Å². The van der Waals surface area contributed by atoms with E-state index in [1.807, 2.05) is 24.4 Å². The fourth-order valence-corrected chi connectivity index (χ4v) is 2.07. The molecule has 90 valence electrons. The summed E-state index contributed by atoms with van der Waals surface area (Å²) in [4.78, 5) is 24.5. The Bertz CT molecular complexity index is 469. The molecule has 1 aliphatic rings. The number of thiophene rings is 1. The zero-order chi connectivity index (χ0) is 12.5. The van der Waals surface area contributed by atoms with Crippen molar-refractivity contribution in [2.45, 2.75) is 25.8 Å². The van der Waals surface area contributed by atoms with Gasteiger partial charge in [0.2, 0.25) is 0 Å². The van der Waals surface area contributed by atoms with Crippen LogP contribution in [0.4, 0.5) is 4.79 Å². The molecule has 1 aromatic rings. The third-order valence-corrected chi connectivity index (χ3v) is 3.60. The number of hydrogen-bond acceptors (Lipinski definition) is 4. The Morgan fingerprint density at radius 2 is 2.35 bits per heavy atom. The molecule has 0 radical (unpaired) electrons. The SMILES string of the molecule is CC[C@]1(C)NC(=O)N(/N=C\c2cccs2)C1=O. The minimum atomic E-state index is -0.829. The highest BCUT2D eigenvalue weighted by molar-refractivity contribution is 7.11. The van der Waals surface area contributed by atoms with E-state index in [9.17, 15) is 9.59 Å². The summed E-state index contributed by atoms with van der Waals surface area (Å²) >= 11 is 1.50. The quantitative estimate of drug-likeness (QED) is 0.657. The Kier molecular flexibility index (Phi) is 2.97. The zero-order valence-corrected chi connectivity index (χ0v) is 10.5. The zero-order valence-electron chi connectivity index (χ0n) is 9.64. The fourth-order valence-electron chi connectivity index (χ4n) is 1.49. The van der Waals surface area contributed by atoms with Crippen molar-refractivity contribution in [3.05, 3.63) is 22.4 Å². The van der Waals surface area contributed by atoms with E-state index >= 15 is 0 Å². The van der Waals surface area contributed by atoms with E-state index in [1.54, 1.807) is 6.92 Å². The highest BCUT2D eigenvalue weighted by Crippen LogP contribution is 2.21. The van der Waals surface area contributed by atoms with Gasteiger partial charge in [0.15, 0.2) is 0 Å². The average Bonchev–Trinajstić information content (AvgIpc) is 2.87. The van der Waals surface area contributed by atoms with Crippen molar-refractivity contribution in [3.63, 3.8) is 0 Å². The Morgan fingerprint density at radius 3 is 2.88 bits per heavy atom. The van der Waals surface area contributed by atoms with Gasteiger partial charge in [0.1, 0.15) is 5.54 Å². The monoisotopic (exact) mass is 251 g/mol. The molecule has 1 atom stereocenters. The molecule has 1 aliphatic heterocycles. The minimum Gasteiger partial charge on any atom is -0.322 e. The lowest BCUT2D eigenvalue weighted by molar-refractivity contribution is -0.130. The summed E-state index contributed by atoms with van der Waals surface area (Å²) in [5.74, 6) is -0.308. The van der Waals surface area contributed by atoms with Gasteiger partial charge in [0.25, 0.3) is 5.91 Å². The Labute approximate surface area is 103 Å². The average molecular weight is 251 g/mol. The van der Waals surface area contributed by atoms with Crippen LogP contribution in [0, 0.1) is 0 Å². The van der Waals surface area contributed by atoms with Crippen LogP contribution < -0.4 is 5.32 Å². The predicted molar refractivity (Wildman–Crippen MR) is 66.0 cm³/mol. The van der Waals surface area contributed by atoms with Crippen LogP contribution in [0.2, 0.25) is 0 Å². The number of urea groups is 1. The Morgan fingerprint density at radius 1 is 1.59 bits per heavy atom. The van der Waals surface area contributed by atoms with Gasteiger partial charge in [-0.1, -0.05) is 13.0 Å². The normalized spacial score (nSPS) is 24.7. The molecule has 1 fully saturated rings. The summed E-state index contributed by atoms with van der Waals surface area (Å²) in [5.41, 5.74) is -0.829. The molecule has 0 unspecified atom stereocenters. The first-order valence-corrected chi connectivity index (χ1v) is 6.19. The number of rotatable bonds is 3. The molecule has 2 heterocycles. The first kappa shape index (κ1) is 11.8. The van der Waals surface area contributed by atoms with Gasteiger partial charge in [-0.05, 0) is 24.8 Å². The highest BCUT2D eigenvalue weighted by Gasteiger charge is 2.46. The summed E-state index contributed by atoms with van der Waals surface area (Å²) in [6.07, 6.45) is 2.06. The van der Waals surface area contributed by atoms with E-state index in [1.165, 1.54) is 17.6 Å². The second kappa shape index (κ2) is 4.29. The third-order valence-electron chi connectivity index (χ3n) is 2.79. The third kappa shape index (κ3) is 2.08. The van der Waals surface area contributed by atoms with Crippen LogP contribution in [0.5, 0.6) is 0 Å². The maximum atomic E-state index is 12.0. The number of nitrogens with one attached hydrogen (secondary N) is 1. The van der Waals surface area contributed by atoms with E-state index in [0.29, 0.717) is 6.42 Å². The molecular weight excluding hydrogens is 238 g/mol. The lowest BCUT2D eigenvalue weighted by Gasteiger charge is -2.17. The number of carbonyl (C=O) groups excluding carboxylic acids is 2. The van der Waals surface area contributed by atoms with Crippen LogP contribution in [0.15, 0.2) is 22.6 Å². The summed E-state index contributed by atoms with van der Waals surface area (Å²) < 4.78 is 0. The van der Waals surface area contributed by atoms with Crippen LogP contribution in [0.3, 0.4) is 0 Å². The predicted octanol–water partition coefficient (Wildman–Crippen LogP) is 1.80. The van der Waals surface area contributed by atoms with Crippen LogP contribution in [0.1, 0.15) is 25.1 Å². The number of nitrogens with zero attached hydrogens (tertiary/aromatic N) is 2. The number of carbonyl (C=O) groups is 2. The first-order valence-electron chi connectivity index (χ1n) is 5.31. The van der Waals surface area contributed by atoms with Gasteiger partial charge in [-0.15, -0.1) is 16.3 Å². The first-order chi connectivity index (χ1) is 8.07. The summed E-state index contributed by atoms with van der Waals surface area (Å²) in [5, 5.41) is 9.36. The second-order valence-corrected chi connectivity index (χ2v) is 4.97. The van der Waals surface area contributed by atoms with Crippen molar-refractivity contribution in [1.29, 1.82) is 0 Å². The lowest BCUT2D eigenvalue weighted by Crippen LogP contribution is -2.42. The molecule has 17 heavy (non-hydrogen) atoms. The molecule has 3 amide bonds. The summed E-state index contributed by atoms with van der Waals surface area (Å²) in [6.45, 7) is 3.55. The molecule has 0 spiro atoms. The Balaban J connectivity index is 2.17. The van der Waals surface area contributed by atoms with Gasteiger partial charge >= 0.3 is 6.03 Å². The smallest absolute Gasteiger partial charge is 0.322 e. The van der Waals surface area contributed by atoms with Crippen molar-refractivity contribution in [1.82, 2.24) is 10.3 Å². The largest absolute Gasteiger partial charge is 0.346 e. The number of hydrazone groups is 1. The molecule has 1 saturated heterocycles. The molecule has 5 nitrogen and oxygen atoms in total. The molecule has 0 aliphatic carbocycles. The lowest BCUT2D eigenvalue weighted by atomic mass is 10.00. The number of amides is 3. The number of hydrogen-bond donors (Lipinski definition) is 1. The standard InChI is InChI=1S/C11H13N3O2S/c1-3-11(2)9(15)14(10(16)13-11)12-7-8-5-4-6-17-8/h4-7H,3H2,1-2H3,(H,13,16)/b12-7-/t11-/m0/s1. The van der Waals surface area contributed by atoms with E-state index in [4.69, 9.17) is 0 Å². The van der Waals surface area contributed by atoms with Gasteiger partial charge < -0.3 is 5.32 Å². The number of imide groups is 1. The highest BCUT2D eigenvalue weighted by atomic mass is 32.1. The van der Waals surface area contributed by atoms with E-state index < -0.39 is 11.6 Å². The minimum absolute atomic E-state index is 0.308. The molecule has 0 aromatic carbocycles. The molecule has 0 saturated carbocycles. The van der Waals surface area contributed by atoms with Gasteiger partial charge in [0.05, 0.1) is 6.21 Å². The summed E-state index contributed by atoms with van der Waals surface area (Å²) in [6, 6.07) is 3.28. The maximum absolute atomic E-state index is 12.0. The second-order valence-electron chi connectivity index (χ2n) is 3.99. The van der Waals surface area contributed by atoms with Crippen LogP contribution in [-0.4, -0.2) is 28.7 Å². The van der Waals surface area contributed by atoms with Gasteiger partial charge in [0, 0.05) is 4.88 Å². The van der Waals surface area contributed by atoms with Crippen molar-refractivity contribution in [2.24, 2.45) is 5.10 Å². The van der Waals surface area contributed by atoms with Crippen LogP contribution >= 0.6 is 11.3 Å². The maximum Gasteiger partial charge on any atom is 0.346 e. The van der Waals surface area contributed by atoms with Crippen molar-refractivity contribution < 1.29 is 9.59 Å². The molecule has 0 bridgehead atoms. The molecular formula is C11H13N3O2S. The van der Waals surface area contributed by atoms with E-state index in [-0.39, 0.29) is 5.91 Å². The molecule has 2 rings (SSSR count). The Hall–Kier alpha value is -1.69. The van der Waals surface area contributed by atoms with Crippen molar-refractivity contribution in [3.8, 4) is 0 Å².